The topological polar surface area (TPSA) is 59.8 Å². The van der Waals surface area contributed by atoms with Gasteiger partial charge in [0.2, 0.25) is 0 Å². The van der Waals surface area contributed by atoms with Gasteiger partial charge in [-0.05, 0) is 56.2 Å². The fourth-order valence-electron chi connectivity index (χ4n) is 3.05. The first kappa shape index (κ1) is 19.6. The van der Waals surface area contributed by atoms with E-state index in [-0.39, 0.29) is 23.9 Å². The molecule has 1 amide bonds. The lowest BCUT2D eigenvalue weighted by atomic mass is 10.1. The standard InChI is InChI=1S/C22H22FNO4/c1-13-14(2)22(26)28-20-11-18(8-9-19(13)20)27-15(3)21(25)24(4)12-16-6-5-7-17(23)10-16/h5-11,15H,12H2,1-4H3. The molecule has 28 heavy (non-hydrogen) atoms. The highest BCUT2D eigenvalue weighted by molar-refractivity contribution is 5.83. The van der Waals surface area contributed by atoms with Crippen molar-refractivity contribution in [1.82, 2.24) is 4.90 Å². The molecular weight excluding hydrogens is 361 g/mol. The third-order valence-corrected chi connectivity index (χ3v) is 4.77. The SMILES string of the molecule is Cc1c(C)c2ccc(OC(C)C(=O)N(C)Cc3cccc(F)c3)cc2oc1=O. The molecule has 3 aromatic rings. The fourth-order valence-corrected chi connectivity index (χ4v) is 3.05. The lowest BCUT2D eigenvalue weighted by Crippen LogP contribution is -2.37. The molecule has 0 spiro atoms. The molecule has 6 heteroatoms. The molecule has 0 saturated heterocycles. The Morgan fingerprint density at radius 2 is 1.93 bits per heavy atom. The third kappa shape index (κ3) is 4.06. The van der Waals surface area contributed by atoms with Crippen molar-refractivity contribution in [1.29, 1.82) is 0 Å². The minimum absolute atomic E-state index is 0.245. The molecule has 1 unspecified atom stereocenters. The monoisotopic (exact) mass is 383 g/mol. The molecule has 146 valence electrons. The smallest absolute Gasteiger partial charge is 0.339 e. The van der Waals surface area contributed by atoms with Crippen LogP contribution in [-0.4, -0.2) is 24.0 Å². The first-order valence-corrected chi connectivity index (χ1v) is 8.96. The number of hydrogen-bond acceptors (Lipinski definition) is 4. The van der Waals surface area contributed by atoms with Gasteiger partial charge in [0.25, 0.3) is 5.91 Å². The minimum atomic E-state index is -0.755. The van der Waals surface area contributed by atoms with Gasteiger partial charge in [-0.2, -0.15) is 0 Å². The minimum Gasteiger partial charge on any atom is -0.481 e. The number of rotatable bonds is 5. The quantitative estimate of drug-likeness (QED) is 0.626. The van der Waals surface area contributed by atoms with Gasteiger partial charge in [-0.1, -0.05) is 12.1 Å². The molecule has 1 heterocycles. The molecule has 0 aliphatic rings. The molecule has 0 saturated carbocycles. The highest BCUT2D eigenvalue weighted by atomic mass is 19.1. The summed E-state index contributed by atoms with van der Waals surface area (Å²) in [6, 6.07) is 11.3. The van der Waals surface area contributed by atoms with Gasteiger partial charge >= 0.3 is 5.63 Å². The number of fused-ring (bicyclic) bond motifs is 1. The molecule has 0 aliphatic carbocycles. The lowest BCUT2D eigenvalue weighted by molar-refractivity contribution is -0.137. The predicted octanol–water partition coefficient (Wildman–Crippen LogP) is 3.97. The van der Waals surface area contributed by atoms with Gasteiger partial charge in [-0.3, -0.25) is 4.79 Å². The van der Waals surface area contributed by atoms with Gasteiger partial charge in [-0.25, -0.2) is 9.18 Å². The normalized spacial score (nSPS) is 12.0. The summed E-state index contributed by atoms with van der Waals surface area (Å²) in [6.07, 6.45) is -0.755. The Labute approximate surface area is 162 Å². The van der Waals surface area contributed by atoms with Crippen molar-refractivity contribution >= 4 is 16.9 Å². The Balaban J connectivity index is 1.74. The summed E-state index contributed by atoms with van der Waals surface area (Å²) in [6.45, 7) is 5.50. The average molecular weight is 383 g/mol. The molecule has 5 nitrogen and oxygen atoms in total. The van der Waals surface area contributed by atoms with E-state index in [2.05, 4.69) is 0 Å². The Bertz CT molecular complexity index is 1090. The number of ether oxygens (including phenoxy) is 1. The van der Waals surface area contributed by atoms with Crippen LogP contribution in [0.3, 0.4) is 0 Å². The van der Waals surface area contributed by atoms with Crippen LogP contribution in [0.2, 0.25) is 0 Å². The highest BCUT2D eigenvalue weighted by Gasteiger charge is 2.20. The number of benzene rings is 2. The van der Waals surface area contributed by atoms with Crippen LogP contribution in [0, 0.1) is 19.7 Å². The molecule has 0 N–H and O–H groups in total. The van der Waals surface area contributed by atoms with Crippen LogP contribution in [0.25, 0.3) is 11.0 Å². The lowest BCUT2D eigenvalue weighted by Gasteiger charge is -2.22. The zero-order valence-electron chi connectivity index (χ0n) is 16.3. The Hall–Kier alpha value is -3.15. The molecule has 0 bridgehead atoms. The van der Waals surface area contributed by atoms with Crippen molar-refractivity contribution < 1.29 is 18.3 Å². The van der Waals surface area contributed by atoms with Crippen molar-refractivity contribution in [3.05, 3.63) is 75.4 Å². The predicted molar refractivity (Wildman–Crippen MR) is 105 cm³/mol. The van der Waals surface area contributed by atoms with Crippen LogP contribution in [0.15, 0.2) is 51.7 Å². The fraction of sp³-hybridized carbons (Fsp3) is 0.273. The van der Waals surface area contributed by atoms with E-state index in [1.54, 1.807) is 45.2 Å². The summed E-state index contributed by atoms with van der Waals surface area (Å²) >= 11 is 0. The molecule has 0 radical (unpaired) electrons. The van der Waals surface area contributed by atoms with Crippen molar-refractivity contribution in [2.75, 3.05) is 7.05 Å². The summed E-state index contributed by atoms with van der Waals surface area (Å²) in [5, 5.41) is 0.826. The summed E-state index contributed by atoms with van der Waals surface area (Å²) in [4.78, 5) is 26.0. The first-order chi connectivity index (χ1) is 13.3. The number of halogens is 1. The maximum Gasteiger partial charge on any atom is 0.339 e. The van der Waals surface area contributed by atoms with Gasteiger partial charge in [0, 0.05) is 30.6 Å². The van der Waals surface area contributed by atoms with Crippen LogP contribution in [0.4, 0.5) is 4.39 Å². The zero-order chi connectivity index (χ0) is 20.4. The zero-order valence-corrected chi connectivity index (χ0v) is 16.3. The summed E-state index contributed by atoms with van der Waals surface area (Å²) in [5.74, 6) is -0.157. The van der Waals surface area contributed by atoms with Crippen molar-refractivity contribution in [2.45, 2.75) is 33.4 Å². The molecule has 2 aromatic carbocycles. The maximum atomic E-state index is 13.3. The van der Waals surface area contributed by atoms with Gasteiger partial charge < -0.3 is 14.1 Å². The molecule has 3 rings (SSSR count). The number of nitrogens with zero attached hydrogens (tertiary/aromatic N) is 1. The molecule has 1 atom stereocenters. The summed E-state index contributed by atoms with van der Waals surface area (Å²) in [5.41, 5.74) is 2.15. The first-order valence-electron chi connectivity index (χ1n) is 8.96. The second kappa shape index (κ2) is 7.84. The molecular formula is C22H22FNO4. The molecule has 1 aromatic heterocycles. The van der Waals surface area contributed by atoms with Gasteiger partial charge in [-0.15, -0.1) is 0 Å². The second-order valence-electron chi connectivity index (χ2n) is 6.88. The van der Waals surface area contributed by atoms with Crippen LogP contribution in [-0.2, 0) is 11.3 Å². The largest absolute Gasteiger partial charge is 0.481 e. The van der Waals surface area contributed by atoms with Gasteiger partial charge in [0.15, 0.2) is 6.10 Å². The number of amides is 1. The van der Waals surface area contributed by atoms with E-state index in [1.807, 2.05) is 13.0 Å². The maximum absolute atomic E-state index is 13.3. The number of aryl methyl sites for hydroxylation is 1. The van der Waals surface area contributed by atoms with Crippen LogP contribution in [0.1, 0.15) is 23.6 Å². The van der Waals surface area contributed by atoms with Crippen molar-refractivity contribution in [2.24, 2.45) is 0 Å². The number of hydrogen-bond donors (Lipinski definition) is 0. The van der Waals surface area contributed by atoms with Gasteiger partial charge in [0.05, 0.1) is 0 Å². The number of likely N-dealkylation sites (N-methyl/N-ethyl adjacent to an activating group) is 1. The van der Waals surface area contributed by atoms with E-state index in [0.29, 0.717) is 22.5 Å². The summed E-state index contributed by atoms with van der Waals surface area (Å²) < 4.78 is 24.4. The molecule has 0 aliphatic heterocycles. The Morgan fingerprint density at radius 1 is 1.18 bits per heavy atom. The van der Waals surface area contributed by atoms with Crippen LogP contribution >= 0.6 is 0 Å². The second-order valence-corrected chi connectivity index (χ2v) is 6.88. The van der Waals surface area contributed by atoms with E-state index in [9.17, 15) is 14.0 Å². The summed E-state index contributed by atoms with van der Waals surface area (Å²) in [7, 11) is 1.64. The van der Waals surface area contributed by atoms with E-state index >= 15 is 0 Å². The number of carbonyl (C=O) groups excluding carboxylic acids is 1. The van der Waals surface area contributed by atoms with E-state index in [4.69, 9.17) is 9.15 Å². The highest BCUT2D eigenvalue weighted by Crippen LogP contribution is 2.24. The molecule has 0 fully saturated rings. The Kier molecular flexibility index (Phi) is 5.49. The van der Waals surface area contributed by atoms with Crippen LogP contribution in [0.5, 0.6) is 5.75 Å². The van der Waals surface area contributed by atoms with Gasteiger partial charge in [0.1, 0.15) is 17.1 Å². The Morgan fingerprint density at radius 3 is 2.64 bits per heavy atom. The third-order valence-electron chi connectivity index (χ3n) is 4.77. The number of carbonyl (C=O) groups is 1. The van der Waals surface area contributed by atoms with E-state index < -0.39 is 6.10 Å². The van der Waals surface area contributed by atoms with Crippen molar-refractivity contribution in [3.8, 4) is 5.75 Å². The van der Waals surface area contributed by atoms with Crippen LogP contribution < -0.4 is 10.4 Å². The van der Waals surface area contributed by atoms with E-state index in [0.717, 1.165) is 10.9 Å². The van der Waals surface area contributed by atoms with E-state index in [1.165, 1.54) is 17.0 Å². The van der Waals surface area contributed by atoms with Crippen molar-refractivity contribution in [3.63, 3.8) is 0 Å². The average Bonchev–Trinajstić information content (AvgIpc) is 2.65.